The molecule has 1 aliphatic heterocycles. The largest absolute Gasteiger partial charge is 0.508 e. The molecule has 0 N–H and O–H groups in total. The Labute approximate surface area is 173 Å². The summed E-state index contributed by atoms with van der Waals surface area (Å²) in [6.07, 6.45) is 0.356. The maximum absolute atomic E-state index is 12.4. The van der Waals surface area contributed by atoms with Crippen molar-refractivity contribution >= 4 is 18.1 Å². The second-order valence-corrected chi connectivity index (χ2v) is 7.22. The molecule has 0 spiro atoms. The first-order valence-corrected chi connectivity index (χ1v) is 9.31. The topological polar surface area (TPSA) is 156 Å². The minimum Gasteiger partial charge on any atom is -0.432 e. The van der Waals surface area contributed by atoms with Gasteiger partial charge in [0.05, 0.1) is 24.9 Å². The Morgan fingerprint density at radius 1 is 1.20 bits per heavy atom. The standard InChI is InChI=1S/C17H27N3O10/c1-17(2,3)30-13-4-5-19(14(10-13)18-12-21)15(22)11-28-16(23)27-8-6-26-7-9-29-20(24)25/h13-14H,4-11H2,1-3H3. The molecule has 1 saturated heterocycles. The van der Waals surface area contributed by atoms with Gasteiger partial charge in [0.15, 0.2) is 6.61 Å². The molecular weight excluding hydrogens is 406 g/mol. The summed E-state index contributed by atoms with van der Waals surface area (Å²) < 4.78 is 20.3. The van der Waals surface area contributed by atoms with E-state index >= 15 is 0 Å². The van der Waals surface area contributed by atoms with Crippen LogP contribution < -0.4 is 0 Å². The van der Waals surface area contributed by atoms with Gasteiger partial charge in [-0.1, -0.05) is 0 Å². The highest BCUT2D eigenvalue weighted by Gasteiger charge is 2.34. The fourth-order valence-electron chi connectivity index (χ4n) is 2.70. The quantitative estimate of drug-likeness (QED) is 0.114. The Kier molecular flexibility index (Phi) is 10.7. The second-order valence-electron chi connectivity index (χ2n) is 7.22. The first-order valence-electron chi connectivity index (χ1n) is 9.31. The number of carbonyl (C=O) groups excluding carboxylic acids is 3. The molecule has 2 atom stereocenters. The molecule has 170 valence electrons. The van der Waals surface area contributed by atoms with Crippen LogP contribution in [0.15, 0.2) is 4.99 Å². The third kappa shape index (κ3) is 10.7. The monoisotopic (exact) mass is 433 g/mol. The van der Waals surface area contributed by atoms with Crippen molar-refractivity contribution in [2.75, 3.05) is 39.6 Å². The van der Waals surface area contributed by atoms with Crippen LogP contribution in [0.5, 0.6) is 0 Å². The van der Waals surface area contributed by atoms with Crippen LogP contribution >= 0.6 is 0 Å². The molecule has 30 heavy (non-hydrogen) atoms. The van der Waals surface area contributed by atoms with E-state index in [1.54, 1.807) is 0 Å². The van der Waals surface area contributed by atoms with Crippen LogP contribution in [0.1, 0.15) is 33.6 Å². The molecule has 1 rings (SSSR count). The number of rotatable bonds is 11. The Morgan fingerprint density at radius 3 is 2.53 bits per heavy atom. The van der Waals surface area contributed by atoms with Gasteiger partial charge in [-0.25, -0.2) is 9.59 Å². The van der Waals surface area contributed by atoms with Crippen molar-refractivity contribution in [3.8, 4) is 0 Å². The van der Waals surface area contributed by atoms with E-state index in [0.717, 1.165) is 0 Å². The Bertz CT molecular complexity index is 630. The van der Waals surface area contributed by atoms with Crippen LogP contribution in [0.3, 0.4) is 0 Å². The average molecular weight is 433 g/mol. The molecule has 0 aromatic heterocycles. The number of carbonyl (C=O) groups is 2. The van der Waals surface area contributed by atoms with Gasteiger partial charge >= 0.3 is 6.16 Å². The fraction of sp³-hybridized carbons (Fsp3) is 0.824. The van der Waals surface area contributed by atoms with Gasteiger partial charge in [0.1, 0.15) is 19.4 Å². The summed E-state index contributed by atoms with van der Waals surface area (Å²) in [6, 6.07) is 0. The normalized spacial score (nSPS) is 18.8. The van der Waals surface area contributed by atoms with Crippen LogP contribution in [0.2, 0.25) is 0 Å². The van der Waals surface area contributed by atoms with E-state index in [2.05, 4.69) is 9.83 Å². The van der Waals surface area contributed by atoms with Crippen molar-refractivity contribution in [1.82, 2.24) is 4.90 Å². The lowest BCUT2D eigenvalue weighted by Crippen LogP contribution is -2.49. The van der Waals surface area contributed by atoms with Gasteiger partial charge in [-0.2, -0.15) is 4.99 Å². The van der Waals surface area contributed by atoms with E-state index < -0.39 is 29.9 Å². The summed E-state index contributed by atoms with van der Waals surface area (Å²) >= 11 is 0. The lowest BCUT2D eigenvalue weighted by atomic mass is 10.0. The molecule has 0 bridgehead atoms. The minimum atomic E-state index is -1.07. The molecule has 1 aliphatic rings. The first kappa shape index (κ1) is 25.3. The van der Waals surface area contributed by atoms with Gasteiger partial charge in [-0.3, -0.25) is 4.79 Å². The van der Waals surface area contributed by atoms with E-state index in [1.807, 2.05) is 20.8 Å². The maximum atomic E-state index is 12.4. The third-order valence-electron chi connectivity index (χ3n) is 3.75. The van der Waals surface area contributed by atoms with Gasteiger partial charge in [0.25, 0.3) is 11.0 Å². The molecule has 1 heterocycles. The van der Waals surface area contributed by atoms with E-state index in [0.29, 0.717) is 12.8 Å². The van der Waals surface area contributed by atoms with Gasteiger partial charge in [0.2, 0.25) is 6.08 Å². The lowest BCUT2D eigenvalue weighted by molar-refractivity contribution is -0.758. The Balaban J connectivity index is 2.32. The average Bonchev–Trinajstić information content (AvgIpc) is 2.64. The molecule has 1 amide bonds. The number of likely N-dealkylation sites (tertiary alicyclic amines) is 1. The van der Waals surface area contributed by atoms with Crippen molar-refractivity contribution in [2.45, 2.75) is 51.5 Å². The predicted octanol–water partition coefficient (Wildman–Crippen LogP) is 0.833. The highest BCUT2D eigenvalue weighted by molar-refractivity contribution is 5.79. The summed E-state index contributed by atoms with van der Waals surface area (Å²) in [7, 11) is 0. The molecule has 0 aromatic rings. The third-order valence-corrected chi connectivity index (χ3v) is 3.75. The zero-order valence-corrected chi connectivity index (χ0v) is 17.2. The molecule has 13 heteroatoms. The number of hydrogen-bond acceptors (Lipinski definition) is 11. The van der Waals surface area contributed by atoms with Gasteiger partial charge in [0, 0.05) is 13.0 Å². The van der Waals surface area contributed by atoms with Crippen LogP contribution in [0, 0.1) is 10.1 Å². The number of piperidine rings is 1. The van der Waals surface area contributed by atoms with Crippen LogP contribution in [0.25, 0.3) is 0 Å². The summed E-state index contributed by atoms with van der Waals surface area (Å²) in [5.74, 6) is -0.529. The van der Waals surface area contributed by atoms with Gasteiger partial charge in [-0.05, 0) is 27.2 Å². The van der Waals surface area contributed by atoms with E-state index in [1.165, 1.54) is 11.0 Å². The smallest absolute Gasteiger partial charge is 0.432 e. The van der Waals surface area contributed by atoms with E-state index in [-0.39, 0.29) is 44.7 Å². The Hall–Kier alpha value is -2.76. The zero-order valence-electron chi connectivity index (χ0n) is 17.2. The summed E-state index contributed by atoms with van der Waals surface area (Å²) in [5, 5.41) is 8.98. The SMILES string of the molecule is CC(C)(C)OC1CCN(C(=O)COC(=O)OCCOCCO[N+](=O)[O-])C(N=C=O)C1. The highest BCUT2D eigenvalue weighted by Crippen LogP contribution is 2.25. The lowest BCUT2D eigenvalue weighted by Gasteiger charge is -2.38. The molecule has 0 aliphatic carbocycles. The number of ether oxygens (including phenoxy) is 4. The van der Waals surface area contributed by atoms with Crippen molar-refractivity contribution < 1.29 is 43.3 Å². The second kappa shape index (κ2) is 12.7. The zero-order chi connectivity index (χ0) is 22.6. The number of amides is 1. The van der Waals surface area contributed by atoms with Gasteiger partial charge < -0.3 is 28.7 Å². The van der Waals surface area contributed by atoms with Crippen LogP contribution in [0.4, 0.5) is 4.79 Å². The number of isocyanates is 1. The van der Waals surface area contributed by atoms with E-state index in [4.69, 9.17) is 18.9 Å². The first-order chi connectivity index (χ1) is 14.1. The van der Waals surface area contributed by atoms with Crippen molar-refractivity contribution in [3.05, 3.63) is 10.1 Å². The number of nitrogens with zero attached hydrogens (tertiary/aromatic N) is 3. The molecule has 1 fully saturated rings. The predicted molar refractivity (Wildman–Crippen MR) is 98.5 cm³/mol. The molecule has 0 radical (unpaired) electrons. The molecular formula is C17H27N3O10. The fourth-order valence-corrected chi connectivity index (χ4v) is 2.70. The maximum Gasteiger partial charge on any atom is 0.508 e. The van der Waals surface area contributed by atoms with Crippen molar-refractivity contribution in [3.63, 3.8) is 0 Å². The summed E-state index contributed by atoms with van der Waals surface area (Å²) in [4.78, 5) is 53.6. The summed E-state index contributed by atoms with van der Waals surface area (Å²) in [5.41, 5.74) is -0.373. The molecule has 13 nitrogen and oxygen atoms in total. The minimum absolute atomic E-state index is 0.0263. The number of hydrogen-bond donors (Lipinski definition) is 0. The highest BCUT2D eigenvalue weighted by atomic mass is 17.0. The van der Waals surface area contributed by atoms with Crippen molar-refractivity contribution in [1.29, 1.82) is 0 Å². The van der Waals surface area contributed by atoms with E-state index in [9.17, 15) is 24.5 Å². The number of aliphatic imine (C=N–C) groups is 1. The molecule has 0 saturated carbocycles. The molecule has 0 aromatic carbocycles. The summed E-state index contributed by atoms with van der Waals surface area (Å²) in [6.45, 7) is 4.95. The van der Waals surface area contributed by atoms with Gasteiger partial charge in [-0.15, -0.1) is 10.1 Å². The molecule has 2 unspecified atom stereocenters. The van der Waals surface area contributed by atoms with Crippen LogP contribution in [-0.2, 0) is 33.4 Å². The Morgan fingerprint density at radius 2 is 1.90 bits per heavy atom. The van der Waals surface area contributed by atoms with Crippen LogP contribution in [-0.4, -0.2) is 85.6 Å². The van der Waals surface area contributed by atoms with Crippen molar-refractivity contribution in [2.24, 2.45) is 4.99 Å².